The lowest BCUT2D eigenvalue weighted by Gasteiger charge is -2.14. The minimum atomic E-state index is -0.849. The summed E-state index contributed by atoms with van der Waals surface area (Å²) in [6.45, 7) is 6.15. The van der Waals surface area contributed by atoms with Crippen LogP contribution in [0.15, 0.2) is 28.7 Å². The third-order valence-corrected chi connectivity index (χ3v) is 3.61. The maximum Gasteiger partial charge on any atom is 0.308 e. The van der Waals surface area contributed by atoms with Gasteiger partial charge in [-0.2, -0.15) is 0 Å². The molecule has 7 heteroatoms. The number of carbonyl (C=O) groups is 3. The van der Waals surface area contributed by atoms with Gasteiger partial charge in [0.15, 0.2) is 6.10 Å². The number of amides is 2. The van der Waals surface area contributed by atoms with Crippen LogP contribution in [0.5, 0.6) is 0 Å². The van der Waals surface area contributed by atoms with Crippen molar-refractivity contribution in [1.82, 2.24) is 10.6 Å². The van der Waals surface area contributed by atoms with Crippen LogP contribution in [-0.2, 0) is 14.3 Å². The topological polar surface area (TPSA) is 84.5 Å². The molecule has 0 saturated carbocycles. The standard InChI is InChI=1S/C17H23BrN2O4/c1-11(2)10-20-16(22)12(3)24-15(21)8-9-19-17(23)13-4-6-14(18)7-5-13/h4-7,11-12H,8-10H2,1-3H3,(H,19,23)(H,20,22)/t12-/m0/s1. The van der Waals surface area contributed by atoms with Gasteiger partial charge in [-0.15, -0.1) is 0 Å². The van der Waals surface area contributed by atoms with E-state index < -0.39 is 12.1 Å². The van der Waals surface area contributed by atoms with Gasteiger partial charge in [-0.05, 0) is 37.1 Å². The molecule has 1 aromatic rings. The zero-order valence-electron chi connectivity index (χ0n) is 14.1. The van der Waals surface area contributed by atoms with E-state index >= 15 is 0 Å². The van der Waals surface area contributed by atoms with Crippen LogP contribution in [0.1, 0.15) is 37.6 Å². The summed E-state index contributed by atoms with van der Waals surface area (Å²) in [5.41, 5.74) is 0.507. The van der Waals surface area contributed by atoms with Crippen LogP contribution >= 0.6 is 15.9 Å². The average Bonchev–Trinajstić information content (AvgIpc) is 2.52. The summed E-state index contributed by atoms with van der Waals surface area (Å²) in [4.78, 5) is 35.3. The Morgan fingerprint density at radius 3 is 2.29 bits per heavy atom. The largest absolute Gasteiger partial charge is 0.452 e. The van der Waals surface area contributed by atoms with Gasteiger partial charge in [0, 0.05) is 23.1 Å². The summed E-state index contributed by atoms with van der Waals surface area (Å²) in [5.74, 6) is -0.794. The molecule has 24 heavy (non-hydrogen) atoms. The van der Waals surface area contributed by atoms with E-state index in [0.717, 1.165) is 4.47 Å². The Labute approximate surface area is 150 Å². The van der Waals surface area contributed by atoms with Gasteiger partial charge >= 0.3 is 5.97 Å². The molecule has 2 N–H and O–H groups in total. The van der Waals surface area contributed by atoms with E-state index in [1.165, 1.54) is 6.92 Å². The van der Waals surface area contributed by atoms with Crippen LogP contribution < -0.4 is 10.6 Å². The Bertz CT molecular complexity index is 572. The Hall–Kier alpha value is -1.89. The van der Waals surface area contributed by atoms with Crippen molar-refractivity contribution in [3.05, 3.63) is 34.3 Å². The highest BCUT2D eigenvalue weighted by Gasteiger charge is 2.17. The molecule has 0 aliphatic carbocycles. The minimum Gasteiger partial charge on any atom is -0.452 e. The molecule has 1 atom stereocenters. The van der Waals surface area contributed by atoms with E-state index in [1.54, 1.807) is 24.3 Å². The second-order valence-corrected chi connectivity index (χ2v) is 6.70. The monoisotopic (exact) mass is 398 g/mol. The van der Waals surface area contributed by atoms with Crippen LogP contribution in [-0.4, -0.2) is 37.0 Å². The summed E-state index contributed by atoms with van der Waals surface area (Å²) in [6.07, 6.45) is -0.845. The molecule has 0 bridgehead atoms. The molecule has 0 fully saturated rings. The number of esters is 1. The minimum absolute atomic E-state index is 0.00404. The Balaban J connectivity index is 2.29. The lowest BCUT2D eigenvalue weighted by atomic mass is 10.2. The van der Waals surface area contributed by atoms with Gasteiger partial charge in [-0.25, -0.2) is 0 Å². The molecule has 0 aliphatic heterocycles. The highest BCUT2D eigenvalue weighted by Crippen LogP contribution is 2.10. The maximum atomic E-state index is 11.9. The first kappa shape index (κ1) is 20.2. The predicted octanol–water partition coefficient (Wildman–Crippen LogP) is 2.27. The molecule has 0 aromatic heterocycles. The summed E-state index contributed by atoms with van der Waals surface area (Å²) in [5, 5.41) is 5.33. The van der Waals surface area contributed by atoms with Crippen molar-refractivity contribution >= 4 is 33.7 Å². The van der Waals surface area contributed by atoms with E-state index in [1.807, 2.05) is 13.8 Å². The molecule has 132 valence electrons. The number of rotatable bonds is 8. The summed E-state index contributed by atoms with van der Waals surface area (Å²) < 4.78 is 5.92. The summed E-state index contributed by atoms with van der Waals surface area (Å²) >= 11 is 3.29. The lowest BCUT2D eigenvalue weighted by Crippen LogP contribution is -2.38. The molecule has 0 unspecified atom stereocenters. The molecule has 1 aromatic carbocycles. The molecule has 0 heterocycles. The number of ether oxygens (including phenoxy) is 1. The van der Waals surface area contributed by atoms with Crippen molar-refractivity contribution < 1.29 is 19.1 Å². The predicted molar refractivity (Wildman–Crippen MR) is 94.5 cm³/mol. The van der Waals surface area contributed by atoms with Crippen LogP contribution in [0, 0.1) is 5.92 Å². The molecule has 0 spiro atoms. The van der Waals surface area contributed by atoms with Gasteiger partial charge in [0.25, 0.3) is 11.8 Å². The summed E-state index contributed by atoms with van der Waals surface area (Å²) in [6, 6.07) is 6.89. The van der Waals surface area contributed by atoms with Crippen molar-refractivity contribution in [2.75, 3.05) is 13.1 Å². The second-order valence-electron chi connectivity index (χ2n) is 5.78. The van der Waals surface area contributed by atoms with Gasteiger partial charge in [0.2, 0.25) is 0 Å². The van der Waals surface area contributed by atoms with Gasteiger partial charge in [0.05, 0.1) is 6.42 Å². The SMILES string of the molecule is CC(C)CNC(=O)[C@H](C)OC(=O)CCNC(=O)c1ccc(Br)cc1. The fourth-order valence-electron chi connectivity index (χ4n) is 1.74. The molecule has 0 saturated heterocycles. The van der Waals surface area contributed by atoms with Crippen molar-refractivity contribution in [1.29, 1.82) is 0 Å². The van der Waals surface area contributed by atoms with E-state index in [0.29, 0.717) is 18.0 Å². The number of nitrogens with one attached hydrogen (secondary N) is 2. The smallest absolute Gasteiger partial charge is 0.308 e. The number of hydrogen-bond acceptors (Lipinski definition) is 4. The van der Waals surface area contributed by atoms with Gasteiger partial charge < -0.3 is 15.4 Å². The molecule has 6 nitrogen and oxygen atoms in total. The van der Waals surface area contributed by atoms with Crippen molar-refractivity contribution in [2.45, 2.75) is 33.3 Å². The van der Waals surface area contributed by atoms with Gasteiger partial charge in [-0.1, -0.05) is 29.8 Å². The Morgan fingerprint density at radius 1 is 1.08 bits per heavy atom. The van der Waals surface area contributed by atoms with Gasteiger partial charge in [0.1, 0.15) is 0 Å². The fraction of sp³-hybridized carbons (Fsp3) is 0.471. The first-order valence-corrected chi connectivity index (χ1v) is 8.60. The maximum absolute atomic E-state index is 11.9. The van der Waals surface area contributed by atoms with Crippen LogP contribution in [0.2, 0.25) is 0 Å². The zero-order valence-corrected chi connectivity index (χ0v) is 15.7. The van der Waals surface area contributed by atoms with Crippen LogP contribution in [0.3, 0.4) is 0 Å². The average molecular weight is 399 g/mol. The molecular weight excluding hydrogens is 376 g/mol. The highest BCUT2D eigenvalue weighted by molar-refractivity contribution is 9.10. The number of carbonyl (C=O) groups excluding carboxylic acids is 3. The normalized spacial score (nSPS) is 11.7. The van der Waals surface area contributed by atoms with E-state index in [-0.39, 0.29) is 24.8 Å². The third kappa shape index (κ3) is 7.59. The van der Waals surface area contributed by atoms with Crippen LogP contribution in [0.4, 0.5) is 0 Å². The van der Waals surface area contributed by atoms with E-state index in [2.05, 4.69) is 26.6 Å². The summed E-state index contributed by atoms with van der Waals surface area (Å²) in [7, 11) is 0. The molecule has 0 radical (unpaired) electrons. The molecular formula is C17H23BrN2O4. The second kappa shape index (κ2) is 10.1. The number of benzene rings is 1. The van der Waals surface area contributed by atoms with E-state index in [4.69, 9.17) is 4.74 Å². The molecule has 2 amide bonds. The Kier molecular flexibility index (Phi) is 8.46. The zero-order chi connectivity index (χ0) is 18.1. The quantitative estimate of drug-likeness (QED) is 0.657. The molecule has 1 rings (SSSR count). The number of halogens is 1. The van der Waals surface area contributed by atoms with Crippen LogP contribution in [0.25, 0.3) is 0 Å². The third-order valence-electron chi connectivity index (χ3n) is 3.08. The lowest BCUT2D eigenvalue weighted by molar-refractivity contribution is -0.154. The molecule has 0 aliphatic rings. The highest BCUT2D eigenvalue weighted by atomic mass is 79.9. The number of hydrogen-bond donors (Lipinski definition) is 2. The van der Waals surface area contributed by atoms with Crippen molar-refractivity contribution in [3.63, 3.8) is 0 Å². The van der Waals surface area contributed by atoms with Crippen molar-refractivity contribution in [3.8, 4) is 0 Å². The van der Waals surface area contributed by atoms with E-state index in [9.17, 15) is 14.4 Å². The first-order valence-electron chi connectivity index (χ1n) is 7.80. The first-order chi connectivity index (χ1) is 11.3. The fourth-order valence-corrected chi connectivity index (χ4v) is 2.00. The van der Waals surface area contributed by atoms with Gasteiger partial charge in [-0.3, -0.25) is 14.4 Å². The van der Waals surface area contributed by atoms with Crippen molar-refractivity contribution in [2.24, 2.45) is 5.92 Å². The Morgan fingerprint density at radius 2 is 1.71 bits per heavy atom.